The summed E-state index contributed by atoms with van der Waals surface area (Å²) in [5, 5.41) is 0. The standard InChI is InChI=1S/C24H29BF2O6/c1-21(2)11-9-14(21)23(5)15(10-11)32-25(33-23)19-17(24(19,26)27)12-7-8-13(29-6)16-18(12)30-22(3,4)31-20(16)28/h7-8,11,14-15,17,19H,9-10H2,1-6H3/t11?,14?,15?,17?,19?,23-/m0/s1. The molecule has 0 N–H and O–H groups in total. The Morgan fingerprint density at radius 3 is 2.48 bits per heavy atom. The topological polar surface area (TPSA) is 63.2 Å². The number of halogens is 2. The Hall–Kier alpha value is -1.87. The van der Waals surface area contributed by atoms with Crippen LogP contribution in [0.1, 0.15) is 69.3 Å². The van der Waals surface area contributed by atoms with Gasteiger partial charge in [0.2, 0.25) is 5.79 Å². The number of hydrogen-bond acceptors (Lipinski definition) is 6. The van der Waals surface area contributed by atoms with Crippen molar-refractivity contribution in [3.63, 3.8) is 0 Å². The Labute approximate surface area is 192 Å². The molecule has 4 aliphatic carbocycles. The monoisotopic (exact) mass is 462 g/mol. The lowest BCUT2D eigenvalue weighted by molar-refractivity contribution is -0.199. The summed E-state index contributed by atoms with van der Waals surface area (Å²) in [4.78, 5) is 12.7. The highest BCUT2D eigenvalue weighted by Crippen LogP contribution is 2.73. The van der Waals surface area contributed by atoms with Gasteiger partial charge >= 0.3 is 13.1 Å². The molecular formula is C24H29BF2O6. The van der Waals surface area contributed by atoms with E-state index in [4.69, 9.17) is 23.5 Å². The molecule has 6 aliphatic rings. The predicted molar refractivity (Wildman–Crippen MR) is 115 cm³/mol. The Morgan fingerprint density at radius 1 is 1.09 bits per heavy atom. The summed E-state index contributed by atoms with van der Waals surface area (Å²) in [5.41, 5.74) is -0.146. The van der Waals surface area contributed by atoms with Crippen molar-refractivity contribution >= 4 is 13.1 Å². The molecule has 1 saturated heterocycles. The van der Waals surface area contributed by atoms with Crippen molar-refractivity contribution in [1.29, 1.82) is 0 Å². The second-order valence-electron chi connectivity index (χ2n) is 11.5. The van der Waals surface area contributed by atoms with E-state index in [0.29, 0.717) is 5.92 Å². The smallest absolute Gasteiger partial charge is 0.468 e. The summed E-state index contributed by atoms with van der Waals surface area (Å²) in [6, 6.07) is 3.06. The maximum atomic E-state index is 15.3. The molecule has 1 aromatic carbocycles. The minimum absolute atomic E-state index is 0.0345. The molecule has 2 bridgehead atoms. The molecule has 1 aromatic rings. The Bertz CT molecular complexity index is 1060. The first-order valence-corrected chi connectivity index (χ1v) is 11.7. The molecule has 5 fully saturated rings. The zero-order chi connectivity index (χ0) is 23.7. The highest BCUT2D eigenvalue weighted by molar-refractivity contribution is 6.49. The van der Waals surface area contributed by atoms with E-state index in [1.165, 1.54) is 13.2 Å². The lowest BCUT2D eigenvalue weighted by Crippen LogP contribution is -2.65. The van der Waals surface area contributed by atoms with Gasteiger partial charge in [0.05, 0.1) is 30.5 Å². The lowest BCUT2D eigenvalue weighted by Gasteiger charge is -2.64. The van der Waals surface area contributed by atoms with Crippen LogP contribution in [0, 0.1) is 17.3 Å². The summed E-state index contributed by atoms with van der Waals surface area (Å²) in [6.45, 7) is 9.64. The number of methoxy groups -OCH3 is 1. The van der Waals surface area contributed by atoms with Crippen LogP contribution in [-0.4, -0.2) is 43.6 Å². The predicted octanol–water partition coefficient (Wildman–Crippen LogP) is 4.81. The number of benzene rings is 1. The van der Waals surface area contributed by atoms with Crippen LogP contribution in [0.5, 0.6) is 11.5 Å². The highest BCUT2D eigenvalue weighted by atomic mass is 19.3. The van der Waals surface area contributed by atoms with Crippen molar-refractivity contribution in [3.05, 3.63) is 23.3 Å². The fraction of sp³-hybridized carbons (Fsp3) is 0.708. The van der Waals surface area contributed by atoms with Crippen LogP contribution in [-0.2, 0) is 14.0 Å². The van der Waals surface area contributed by atoms with Gasteiger partial charge in [-0.15, -0.1) is 0 Å². The number of carbonyl (C=O) groups is 1. The number of alkyl halides is 2. The van der Waals surface area contributed by atoms with E-state index in [1.54, 1.807) is 19.9 Å². The van der Waals surface area contributed by atoms with Crippen LogP contribution >= 0.6 is 0 Å². The van der Waals surface area contributed by atoms with Crippen LogP contribution in [0.2, 0.25) is 5.82 Å². The summed E-state index contributed by atoms with van der Waals surface area (Å²) >= 11 is 0. The van der Waals surface area contributed by atoms with E-state index >= 15 is 8.78 Å². The maximum absolute atomic E-state index is 15.3. The minimum atomic E-state index is -3.05. The summed E-state index contributed by atoms with van der Waals surface area (Å²) in [5.74, 6) is -6.18. The van der Waals surface area contributed by atoms with Crippen molar-refractivity contribution in [2.45, 2.75) is 82.6 Å². The first-order chi connectivity index (χ1) is 15.3. The molecule has 33 heavy (non-hydrogen) atoms. The second kappa shape index (κ2) is 6.22. The van der Waals surface area contributed by atoms with Crippen LogP contribution in [0.3, 0.4) is 0 Å². The minimum Gasteiger partial charge on any atom is -0.496 e. The largest absolute Gasteiger partial charge is 0.496 e. The van der Waals surface area contributed by atoms with Gasteiger partial charge in [0.25, 0.3) is 5.92 Å². The lowest BCUT2D eigenvalue weighted by atomic mass is 9.43. The van der Waals surface area contributed by atoms with Gasteiger partial charge in [0.1, 0.15) is 17.1 Å². The molecule has 0 spiro atoms. The molecule has 2 aliphatic heterocycles. The van der Waals surface area contributed by atoms with E-state index < -0.39 is 42.1 Å². The van der Waals surface area contributed by atoms with Gasteiger partial charge < -0.3 is 23.5 Å². The molecule has 6 nitrogen and oxygen atoms in total. The Morgan fingerprint density at radius 2 is 1.82 bits per heavy atom. The van der Waals surface area contributed by atoms with E-state index in [9.17, 15) is 4.79 Å². The third-order valence-corrected chi connectivity index (χ3v) is 8.97. The highest BCUT2D eigenvalue weighted by Gasteiger charge is 2.79. The van der Waals surface area contributed by atoms with Gasteiger partial charge in [-0.25, -0.2) is 13.6 Å². The number of fused-ring (bicyclic) bond motifs is 1. The van der Waals surface area contributed by atoms with E-state index in [-0.39, 0.29) is 40.1 Å². The van der Waals surface area contributed by atoms with E-state index in [2.05, 4.69) is 13.8 Å². The molecule has 2 heterocycles. The van der Waals surface area contributed by atoms with E-state index in [0.717, 1.165) is 12.8 Å². The molecule has 5 unspecified atom stereocenters. The number of carbonyl (C=O) groups excluding carboxylic acids is 1. The molecule has 0 amide bonds. The summed E-state index contributed by atoms with van der Waals surface area (Å²) in [7, 11) is 0.406. The first kappa shape index (κ1) is 21.7. The molecule has 0 aromatic heterocycles. The maximum Gasteiger partial charge on any atom is 0.468 e. The molecule has 0 radical (unpaired) electrons. The van der Waals surface area contributed by atoms with E-state index in [1.807, 2.05) is 6.92 Å². The molecule has 4 saturated carbocycles. The van der Waals surface area contributed by atoms with Crippen molar-refractivity contribution < 1.29 is 37.1 Å². The molecule has 178 valence electrons. The normalized spacial score (nSPS) is 40.7. The number of rotatable bonds is 3. The van der Waals surface area contributed by atoms with Gasteiger partial charge in [0, 0.05) is 19.4 Å². The fourth-order valence-electron chi connectivity index (χ4n) is 6.98. The molecule has 7 rings (SSSR count). The Kier molecular flexibility index (Phi) is 4.08. The first-order valence-electron chi connectivity index (χ1n) is 11.7. The second-order valence-corrected chi connectivity index (χ2v) is 11.5. The fourth-order valence-corrected chi connectivity index (χ4v) is 6.98. The zero-order valence-corrected chi connectivity index (χ0v) is 19.7. The third kappa shape index (κ3) is 2.69. The van der Waals surface area contributed by atoms with Gasteiger partial charge in [-0.1, -0.05) is 19.9 Å². The van der Waals surface area contributed by atoms with Gasteiger partial charge in [-0.3, -0.25) is 0 Å². The third-order valence-electron chi connectivity index (χ3n) is 8.97. The van der Waals surface area contributed by atoms with Crippen LogP contribution in [0.15, 0.2) is 12.1 Å². The molecule has 9 heteroatoms. The summed E-state index contributed by atoms with van der Waals surface area (Å²) in [6.07, 6.45) is 1.71. The SMILES string of the molecule is COc1ccc(C2C(B3OC4CC5CC(C5(C)C)[C@]4(C)O3)C2(F)F)c2c1C(=O)OC(C)(C)O2. The number of esters is 1. The zero-order valence-electron chi connectivity index (χ0n) is 19.7. The Balaban J connectivity index is 1.34. The van der Waals surface area contributed by atoms with Crippen molar-refractivity contribution in [1.82, 2.24) is 0 Å². The van der Waals surface area contributed by atoms with Crippen LogP contribution in [0.4, 0.5) is 8.78 Å². The summed E-state index contributed by atoms with van der Waals surface area (Å²) < 4.78 is 59.7. The average molecular weight is 462 g/mol. The quantitative estimate of drug-likeness (QED) is 0.475. The number of ether oxygens (including phenoxy) is 3. The van der Waals surface area contributed by atoms with Gasteiger partial charge in [-0.05, 0) is 43.1 Å². The van der Waals surface area contributed by atoms with Crippen LogP contribution < -0.4 is 9.47 Å². The van der Waals surface area contributed by atoms with Gasteiger partial charge in [-0.2, -0.15) is 0 Å². The van der Waals surface area contributed by atoms with Gasteiger partial charge in [0.15, 0.2) is 0 Å². The number of cyclic esters (lactones) is 1. The number of hydrogen-bond donors (Lipinski definition) is 0. The van der Waals surface area contributed by atoms with Crippen molar-refractivity contribution in [2.75, 3.05) is 7.11 Å². The van der Waals surface area contributed by atoms with Crippen LogP contribution in [0.25, 0.3) is 0 Å². The van der Waals surface area contributed by atoms with Crippen molar-refractivity contribution in [3.8, 4) is 11.5 Å². The van der Waals surface area contributed by atoms with Crippen molar-refractivity contribution in [2.24, 2.45) is 17.3 Å². The molecule has 6 atom stereocenters. The molecular weight excluding hydrogens is 433 g/mol. The average Bonchev–Trinajstić information content (AvgIpc) is 3.09.